The molecule has 0 radical (unpaired) electrons. The molecule has 5 rings (SSSR count). The predicted molar refractivity (Wildman–Crippen MR) is 118 cm³/mol. The summed E-state index contributed by atoms with van der Waals surface area (Å²) in [7, 11) is 0. The molecule has 1 aliphatic rings. The SMILES string of the molecule is O=C(Nc1cccc2cccnc12)c1ccc2c(=O)n3c(nc2c1)CCCCCC3. The number of benzene rings is 2. The van der Waals surface area contributed by atoms with Crippen molar-refractivity contribution >= 4 is 33.4 Å². The Labute approximate surface area is 173 Å². The molecule has 0 atom stereocenters. The molecule has 4 aromatic rings. The average Bonchev–Trinajstić information content (AvgIpc) is 2.75. The zero-order valence-corrected chi connectivity index (χ0v) is 16.6. The lowest BCUT2D eigenvalue weighted by atomic mass is 10.1. The number of aryl methyl sites for hydroxylation is 1. The summed E-state index contributed by atoms with van der Waals surface area (Å²) in [6, 6.07) is 14.6. The first-order valence-corrected chi connectivity index (χ1v) is 10.4. The van der Waals surface area contributed by atoms with Gasteiger partial charge in [0, 0.05) is 30.1 Å². The van der Waals surface area contributed by atoms with Gasteiger partial charge in [0.1, 0.15) is 5.82 Å². The van der Waals surface area contributed by atoms with Crippen LogP contribution in [0.5, 0.6) is 0 Å². The van der Waals surface area contributed by atoms with E-state index < -0.39 is 0 Å². The van der Waals surface area contributed by atoms with E-state index in [9.17, 15) is 9.59 Å². The Hall–Kier alpha value is -3.54. The standard InChI is InChI=1S/C24H22N4O2/c29-23(27-19-9-5-7-16-8-6-13-25-22(16)19)17-11-12-18-20(15-17)26-21-10-3-1-2-4-14-28(21)24(18)30/h5-9,11-13,15H,1-4,10,14H2,(H,27,29). The van der Waals surface area contributed by atoms with E-state index in [0.717, 1.165) is 48.8 Å². The summed E-state index contributed by atoms with van der Waals surface area (Å²) >= 11 is 0. The minimum absolute atomic E-state index is 0.0119. The van der Waals surface area contributed by atoms with Crippen LogP contribution in [0.4, 0.5) is 5.69 Å². The molecule has 1 aliphatic heterocycles. The minimum atomic E-state index is -0.247. The topological polar surface area (TPSA) is 76.9 Å². The van der Waals surface area contributed by atoms with Crippen LogP contribution in [-0.2, 0) is 13.0 Å². The fourth-order valence-electron chi connectivity index (χ4n) is 4.14. The number of anilines is 1. The van der Waals surface area contributed by atoms with E-state index in [1.807, 2.05) is 34.9 Å². The second-order valence-electron chi connectivity index (χ2n) is 7.72. The summed E-state index contributed by atoms with van der Waals surface area (Å²) in [6.45, 7) is 0.716. The Balaban J connectivity index is 1.52. The minimum Gasteiger partial charge on any atom is -0.320 e. The van der Waals surface area contributed by atoms with Crippen molar-refractivity contribution in [3.8, 4) is 0 Å². The summed E-state index contributed by atoms with van der Waals surface area (Å²) in [6.07, 6.45) is 6.84. The quantitative estimate of drug-likeness (QED) is 0.546. The molecular weight excluding hydrogens is 376 g/mol. The molecular formula is C24H22N4O2. The number of pyridine rings is 1. The van der Waals surface area contributed by atoms with Crippen molar-refractivity contribution in [1.82, 2.24) is 14.5 Å². The van der Waals surface area contributed by atoms with Crippen LogP contribution < -0.4 is 10.9 Å². The van der Waals surface area contributed by atoms with Crippen LogP contribution in [0.2, 0.25) is 0 Å². The third-order valence-corrected chi connectivity index (χ3v) is 5.71. The number of para-hydroxylation sites is 1. The highest BCUT2D eigenvalue weighted by molar-refractivity contribution is 6.09. The number of nitrogens with zero attached hydrogens (tertiary/aromatic N) is 3. The van der Waals surface area contributed by atoms with Crippen LogP contribution >= 0.6 is 0 Å². The van der Waals surface area contributed by atoms with Gasteiger partial charge >= 0.3 is 0 Å². The molecule has 0 spiro atoms. The summed E-state index contributed by atoms with van der Waals surface area (Å²) in [4.78, 5) is 35.0. The zero-order valence-electron chi connectivity index (χ0n) is 16.6. The maximum atomic E-state index is 13.0. The first-order valence-electron chi connectivity index (χ1n) is 10.4. The van der Waals surface area contributed by atoms with Gasteiger partial charge in [-0.2, -0.15) is 0 Å². The van der Waals surface area contributed by atoms with E-state index in [1.54, 1.807) is 24.4 Å². The number of nitrogens with one attached hydrogen (secondary N) is 1. The smallest absolute Gasteiger partial charge is 0.261 e. The second-order valence-corrected chi connectivity index (χ2v) is 7.72. The van der Waals surface area contributed by atoms with Gasteiger partial charge in [0.25, 0.3) is 11.5 Å². The lowest BCUT2D eigenvalue weighted by Crippen LogP contribution is -2.26. The third kappa shape index (κ3) is 3.34. The van der Waals surface area contributed by atoms with Crippen LogP contribution in [0.15, 0.2) is 59.5 Å². The van der Waals surface area contributed by atoms with Crippen LogP contribution in [0.1, 0.15) is 41.9 Å². The molecule has 0 saturated heterocycles. The van der Waals surface area contributed by atoms with Gasteiger partial charge < -0.3 is 5.32 Å². The first-order chi connectivity index (χ1) is 14.7. The Morgan fingerprint density at radius 3 is 2.80 bits per heavy atom. The lowest BCUT2D eigenvalue weighted by molar-refractivity contribution is 0.102. The number of carbonyl (C=O) groups excluding carboxylic acids is 1. The summed E-state index contributed by atoms with van der Waals surface area (Å²) in [5.74, 6) is 0.576. The van der Waals surface area contributed by atoms with Crippen molar-refractivity contribution in [1.29, 1.82) is 0 Å². The molecule has 2 aromatic heterocycles. The van der Waals surface area contributed by atoms with Gasteiger partial charge in [-0.05, 0) is 43.2 Å². The van der Waals surface area contributed by atoms with Crippen molar-refractivity contribution in [3.63, 3.8) is 0 Å². The molecule has 0 fully saturated rings. The summed E-state index contributed by atoms with van der Waals surface area (Å²) < 4.78 is 1.81. The molecule has 6 nitrogen and oxygen atoms in total. The van der Waals surface area contributed by atoms with Crippen molar-refractivity contribution in [3.05, 3.63) is 76.5 Å². The number of aromatic nitrogens is 3. The fraction of sp³-hybridized carbons (Fsp3) is 0.250. The van der Waals surface area contributed by atoms with Crippen LogP contribution in [0.25, 0.3) is 21.8 Å². The molecule has 150 valence electrons. The molecule has 1 amide bonds. The number of hydrogen-bond donors (Lipinski definition) is 1. The molecule has 6 heteroatoms. The van der Waals surface area contributed by atoms with E-state index in [4.69, 9.17) is 4.98 Å². The zero-order chi connectivity index (χ0) is 20.5. The molecule has 0 unspecified atom stereocenters. The number of amides is 1. The van der Waals surface area contributed by atoms with Gasteiger partial charge in [0.15, 0.2) is 0 Å². The van der Waals surface area contributed by atoms with Crippen molar-refractivity contribution in [2.75, 3.05) is 5.32 Å². The van der Waals surface area contributed by atoms with Gasteiger partial charge in [0.2, 0.25) is 0 Å². The fourth-order valence-corrected chi connectivity index (χ4v) is 4.14. The maximum absolute atomic E-state index is 13.0. The second kappa shape index (κ2) is 7.71. The number of carbonyl (C=O) groups is 1. The largest absolute Gasteiger partial charge is 0.320 e. The van der Waals surface area contributed by atoms with Gasteiger partial charge in [0.05, 0.1) is 22.1 Å². The molecule has 0 aliphatic carbocycles. The van der Waals surface area contributed by atoms with E-state index >= 15 is 0 Å². The number of hydrogen-bond acceptors (Lipinski definition) is 4. The van der Waals surface area contributed by atoms with E-state index in [1.165, 1.54) is 0 Å². The van der Waals surface area contributed by atoms with E-state index in [0.29, 0.717) is 28.7 Å². The third-order valence-electron chi connectivity index (χ3n) is 5.71. The van der Waals surface area contributed by atoms with Crippen molar-refractivity contribution in [2.45, 2.75) is 38.6 Å². The average molecular weight is 398 g/mol. The lowest BCUT2D eigenvalue weighted by Gasteiger charge is -2.16. The monoisotopic (exact) mass is 398 g/mol. The normalized spacial score (nSPS) is 14.1. The predicted octanol–water partition coefficient (Wildman–Crippen LogP) is 4.31. The molecule has 1 N–H and O–H groups in total. The van der Waals surface area contributed by atoms with Crippen molar-refractivity contribution in [2.24, 2.45) is 0 Å². The summed E-state index contributed by atoms with van der Waals surface area (Å²) in [5, 5.41) is 4.47. The molecule has 3 heterocycles. The van der Waals surface area contributed by atoms with Crippen LogP contribution in [0, 0.1) is 0 Å². The molecule has 30 heavy (non-hydrogen) atoms. The van der Waals surface area contributed by atoms with E-state index in [-0.39, 0.29) is 11.5 Å². The number of fused-ring (bicyclic) bond motifs is 3. The van der Waals surface area contributed by atoms with Gasteiger partial charge in [-0.1, -0.05) is 31.0 Å². The Kier molecular flexibility index (Phi) is 4.75. The Morgan fingerprint density at radius 1 is 1.00 bits per heavy atom. The Morgan fingerprint density at radius 2 is 1.87 bits per heavy atom. The van der Waals surface area contributed by atoms with E-state index in [2.05, 4.69) is 10.3 Å². The number of rotatable bonds is 2. The highest BCUT2D eigenvalue weighted by Crippen LogP contribution is 2.22. The summed E-state index contributed by atoms with van der Waals surface area (Å²) in [5.41, 5.74) is 2.44. The maximum Gasteiger partial charge on any atom is 0.261 e. The van der Waals surface area contributed by atoms with Gasteiger partial charge in [-0.25, -0.2) is 4.98 Å². The van der Waals surface area contributed by atoms with Crippen LogP contribution in [-0.4, -0.2) is 20.4 Å². The highest BCUT2D eigenvalue weighted by atomic mass is 16.1. The molecule has 0 bridgehead atoms. The molecule has 0 saturated carbocycles. The van der Waals surface area contributed by atoms with Gasteiger partial charge in [-0.15, -0.1) is 0 Å². The van der Waals surface area contributed by atoms with Gasteiger partial charge in [-0.3, -0.25) is 19.1 Å². The van der Waals surface area contributed by atoms with Crippen molar-refractivity contribution < 1.29 is 4.79 Å². The van der Waals surface area contributed by atoms with Crippen LogP contribution in [0.3, 0.4) is 0 Å². The highest BCUT2D eigenvalue weighted by Gasteiger charge is 2.15. The Bertz CT molecular complexity index is 1320. The molecule has 2 aromatic carbocycles. The first kappa shape index (κ1) is 18.5.